The molecular weight excluding hydrogens is 850 g/mol. The Kier molecular flexibility index (Phi) is 40.1. The number of unbranched alkanes of at least 4 members (excludes halogenated alkanes) is 2. The van der Waals surface area contributed by atoms with Gasteiger partial charge in [-0.1, -0.05) is 26.7 Å². The summed E-state index contributed by atoms with van der Waals surface area (Å²) in [7, 11) is 11.9. The first-order valence-corrected chi connectivity index (χ1v) is 20.3. The Hall–Kier alpha value is -5.15. The summed E-state index contributed by atoms with van der Waals surface area (Å²) < 4.78 is 0. The van der Waals surface area contributed by atoms with Gasteiger partial charge >= 0.3 is 53.4 Å². The SMILES string of the molecule is CC(=O)OOC(C)=O.CC(=O)[O-].CN(C)c1ccnc(C=O)c1.C[C@@H](CCCCN(Cc1cc(N(C)C)ccn1)Cc1cc(N(C)C)ccn1)C(=O)O.C[C@@H](CCCCN)C(=O)O.[B].[Na+]. The van der Waals surface area contributed by atoms with Crippen LogP contribution in [-0.2, 0) is 46.8 Å². The molecule has 0 aliphatic heterocycles. The van der Waals surface area contributed by atoms with E-state index in [1.54, 1.807) is 26.1 Å². The number of carbonyl (C=O) groups excluding carboxylic acids is 4. The Morgan fingerprint density at radius 1 is 0.677 bits per heavy atom. The van der Waals surface area contributed by atoms with Gasteiger partial charge in [-0.05, 0) is 82.1 Å². The first kappa shape index (κ1) is 66.5. The molecule has 0 saturated heterocycles. The summed E-state index contributed by atoms with van der Waals surface area (Å²) in [5.41, 5.74) is 11.0. The Bertz CT molecular complexity index is 1740. The maximum absolute atomic E-state index is 11.0. The Balaban J connectivity index is -0.000000435. The van der Waals surface area contributed by atoms with Crippen LogP contribution in [0, 0.1) is 11.8 Å². The van der Waals surface area contributed by atoms with Crippen molar-refractivity contribution >= 4 is 61.6 Å². The normalized spacial score (nSPS) is 10.5. The summed E-state index contributed by atoms with van der Waals surface area (Å²) in [5.74, 6) is -4.31. The molecule has 4 N–H and O–H groups in total. The third-order valence-corrected chi connectivity index (χ3v) is 8.38. The number of carboxylic acids is 3. The average molecular weight is 920 g/mol. The van der Waals surface area contributed by atoms with Crippen LogP contribution >= 0.6 is 0 Å². The Labute approximate surface area is 408 Å². The van der Waals surface area contributed by atoms with Gasteiger partial charge in [0, 0.05) is 119 Å². The fraction of sp³-hybridized carbons (Fsp3) is 0.523. The molecule has 2 atom stereocenters. The van der Waals surface area contributed by atoms with Crippen LogP contribution in [0.4, 0.5) is 17.1 Å². The summed E-state index contributed by atoms with van der Waals surface area (Å²) in [6.07, 6.45) is 11.2. The summed E-state index contributed by atoms with van der Waals surface area (Å²) in [5, 5.41) is 26.4. The van der Waals surface area contributed by atoms with E-state index in [9.17, 15) is 24.0 Å². The van der Waals surface area contributed by atoms with Crippen LogP contribution in [0.5, 0.6) is 0 Å². The van der Waals surface area contributed by atoms with E-state index in [4.69, 9.17) is 25.8 Å². The van der Waals surface area contributed by atoms with Crippen molar-refractivity contribution in [3.05, 3.63) is 72.1 Å². The zero-order valence-electron chi connectivity index (χ0n) is 40.4. The van der Waals surface area contributed by atoms with Crippen molar-refractivity contribution in [3.8, 4) is 0 Å². The van der Waals surface area contributed by atoms with Gasteiger partial charge in [-0.2, -0.15) is 0 Å². The molecule has 19 nitrogen and oxygen atoms in total. The van der Waals surface area contributed by atoms with Gasteiger partial charge in [0.15, 0.2) is 6.29 Å². The van der Waals surface area contributed by atoms with E-state index in [1.807, 2.05) is 77.8 Å². The second-order valence-electron chi connectivity index (χ2n) is 14.9. The minimum atomic E-state index is -1.08. The maximum atomic E-state index is 11.0. The van der Waals surface area contributed by atoms with E-state index in [0.717, 1.165) is 107 Å². The first-order valence-electron chi connectivity index (χ1n) is 20.3. The zero-order valence-corrected chi connectivity index (χ0v) is 42.4. The van der Waals surface area contributed by atoms with Gasteiger partial charge in [-0.15, -0.1) is 0 Å². The Morgan fingerprint density at radius 2 is 1.03 bits per heavy atom. The van der Waals surface area contributed by atoms with Crippen molar-refractivity contribution in [2.75, 3.05) is 70.1 Å². The van der Waals surface area contributed by atoms with Crippen molar-refractivity contribution in [2.24, 2.45) is 17.6 Å². The van der Waals surface area contributed by atoms with E-state index < -0.39 is 29.8 Å². The molecule has 355 valence electrons. The van der Waals surface area contributed by atoms with E-state index in [0.29, 0.717) is 18.7 Å². The molecule has 3 aromatic rings. The molecule has 0 saturated carbocycles. The summed E-state index contributed by atoms with van der Waals surface area (Å²) in [4.78, 5) is 89.2. The van der Waals surface area contributed by atoms with E-state index in [-0.39, 0.29) is 49.8 Å². The van der Waals surface area contributed by atoms with E-state index in [2.05, 4.69) is 51.6 Å². The van der Waals surface area contributed by atoms with Crippen molar-refractivity contribution < 1.29 is 83.4 Å². The predicted octanol–water partition coefficient (Wildman–Crippen LogP) is 0.705. The molecule has 3 heterocycles. The number of pyridine rings is 3. The van der Waals surface area contributed by atoms with Gasteiger partial charge in [0.2, 0.25) is 0 Å². The molecule has 3 radical (unpaired) electrons. The molecule has 21 heteroatoms. The minimum absolute atomic E-state index is 0. The molecular formula is C44H69BN8NaO11. The van der Waals surface area contributed by atoms with Crippen LogP contribution in [-0.4, -0.2) is 130 Å². The zero-order chi connectivity index (χ0) is 48.5. The number of aliphatic carboxylic acids is 3. The molecule has 0 aromatic carbocycles. The van der Waals surface area contributed by atoms with Gasteiger partial charge in [0.25, 0.3) is 0 Å². The van der Waals surface area contributed by atoms with Gasteiger partial charge < -0.3 is 40.5 Å². The van der Waals surface area contributed by atoms with Crippen LogP contribution in [0.15, 0.2) is 55.0 Å². The number of aldehydes is 1. The van der Waals surface area contributed by atoms with Crippen LogP contribution in [0.25, 0.3) is 0 Å². The molecule has 0 fully saturated rings. The molecule has 3 aromatic heterocycles. The minimum Gasteiger partial charge on any atom is -0.550 e. The number of anilines is 3. The molecule has 0 amide bonds. The van der Waals surface area contributed by atoms with Crippen LogP contribution in [0.3, 0.4) is 0 Å². The summed E-state index contributed by atoms with van der Waals surface area (Å²) >= 11 is 0. The monoisotopic (exact) mass is 920 g/mol. The standard InChI is InChI=1S/C23H35N5O2.C8H10N2O.C7H15NO2.C4H6O4.C2H4O2.B.Na/c1-18(23(29)30)8-6-7-13-28(16-19-14-21(26(2)3)9-11-24-19)17-20-15-22(27(4)5)10-12-25-20;1-10(2)8-3-4-9-7(5-8)6-11;1-6(7(9)10)4-2-3-5-8;1-3(5)7-8-4(2)6;1-2(3)4;;/h9-12,14-15,18H,6-8,13,16-17H2,1-5H3,(H,29,30);3-6H,1-2H3;6H,2-5,8H2,1H3,(H,9,10);1-2H3;1H3,(H,3,4);;/q;;;;;;+1/p-1/t18-;;6-;;;;/m0.0..../s1. The smallest absolute Gasteiger partial charge is 0.550 e. The average Bonchev–Trinajstić information content (AvgIpc) is 3.22. The number of nitrogens with zero attached hydrogens (tertiary/aromatic N) is 7. The van der Waals surface area contributed by atoms with Gasteiger partial charge in [0.1, 0.15) is 5.69 Å². The van der Waals surface area contributed by atoms with Gasteiger partial charge in [0.05, 0.1) is 23.2 Å². The number of rotatable bonds is 19. The second-order valence-corrected chi connectivity index (χ2v) is 14.9. The molecule has 0 spiro atoms. The van der Waals surface area contributed by atoms with Gasteiger partial charge in [-0.25, -0.2) is 19.4 Å². The summed E-state index contributed by atoms with van der Waals surface area (Å²) in [6, 6.07) is 11.8. The second kappa shape index (κ2) is 39.2. The predicted molar refractivity (Wildman–Crippen MR) is 246 cm³/mol. The van der Waals surface area contributed by atoms with Crippen molar-refractivity contribution in [1.29, 1.82) is 0 Å². The quantitative estimate of drug-likeness (QED) is 0.0492. The number of carbonyl (C=O) groups is 6. The third kappa shape index (κ3) is 36.8. The number of hydrogen-bond donors (Lipinski definition) is 3. The molecule has 0 unspecified atom stereocenters. The molecule has 65 heavy (non-hydrogen) atoms. The molecule has 3 rings (SSSR count). The fourth-order valence-electron chi connectivity index (χ4n) is 4.86. The van der Waals surface area contributed by atoms with Crippen molar-refractivity contribution in [2.45, 2.75) is 86.2 Å². The number of aromatic nitrogens is 3. The van der Waals surface area contributed by atoms with E-state index in [1.165, 1.54) is 0 Å². The summed E-state index contributed by atoms with van der Waals surface area (Å²) in [6.45, 7) is 9.73. The largest absolute Gasteiger partial charge is 1.00 e. The molecule has 0 aliphatic rings. The number of nitrogens with two attached hydrogens (primary N) is 1. The topological polar surface area (TPSA) is 262 Å². The van der Waals surface area contributed by atoms with E-state index >= 15 is 0 Å². The van der Waals surface area contributed by atoms with Crippen LogP contribution in [0.2, 0.25) is 0 Å². The Morgan fingerprint density at radius 3 is 1.35 bits per heavy atom. The van der Waals surface area contributed by atoms with Crippen molar-refractivity contribution in [3.63, 3.8) is 0 Å². The van der Waals surface area contributed by atoms with Gasteiger partial charge in [-0.3, -0.25) is 34.2 Å². The number of carboxylic acid groups (broad SMARTS) is 3. The maximum Gasteiger partial charge on any atom is 1.00 e. The number of hydrogen-bond acceptors (Lipinski definition) is 17. The van der Waals surface area contributed by atoms with Crippen molar-refractivity contribution in [1.82, 2.24) is 19.9 Å². The van der Waals surface area contributed by atoms with Crippen LogP contribution in [0.1, 0.15) is 95.0 Å². The molecule has 0 bridgehead atoms. The van der Waals surface area contributed by atoms with Crippen LogP contribution < -0.4 is 55.1 Å². The fourth-order valence-corrected chi connectivity index (χ4v) is 4.86. The first-order chi connectivity index (χ1) is 29.5. The molecule has 0 aliphatic carbocycles. The third-order valence-electron chi connectivity index (χ3n) is 8.38.